The highest BCUT2D eigenvalue weighted by molar-refractivity contribution is 5.79. The first kappa shape index (κ1) is 17.7. The SMILES string of the molecule is CCOC(=O)C1(CC2CN(C(=O)OCc3ccccc3)C[C@@H]2O)CC1. The fourth-order valence-corrected chi connectivity index (χ4v) is 3.44. The Morgan fingerprint density at radius 1 is 1.20 bits per heavy atom. The lowest BCUT2D eigenvalue weighted by Gasteiger charge is -2.20. The standard InChI is InChI=1S/C19H25NO5/c1-2-24-17(22)19(8-9-19)10-15-11-20(12-16(15)21)18(23)25-13-14-6-4-3-5-7-14/h3-7,15-16,21H,2,8-13H2,1H3/t15?,16-/m0/s1. The maximum atomic E-state index is 12.2. The minimum absolute atomic E-state index is 0.115. The molecule has 0 aromatic heterocycles. The minimum Gasteiger partial charge on any atom is -0.466 e. The van der Waals surface area contributed by atoms with Crippen molar-refractivity contribution in [2.24, 2.45) is 11.3 Å². The van der Waals surface area contributed by atoms with Crippen LogP contribution in [0.3, 0.4) is 0 Å². The van der Waals surface area contributed by atoms with Crippen LogP contribution in [0.4, 0.5) is 4.79 Å². The summed E-state index contributed by atoms with van der Waals surface area (Å²) in [6.45, 7) is 3.03. The maximum absolute atomic E-state index is 12.2. The second-order valence-corrected chi connectivity index (χ2v) is 6.98. The van der Waals surface area contributed by atoms with E-state index in [2.05, 4.69) is 0 Å². The van der Waals surface area contributed by atoms with Crippen LogP contribution < -0.4 is 0 Å². The van der Waals surface area contributed by atoms with E-state index in [-0.39, 0.29) is 25.0 Å². The molecule has 0 radical (unpaired) electrons. The molecule has 2 atom stereocenters. The fourth-order valence-electron chi connectivity index (χ4n) is 3.44. The second-order valence-electron chi connectivity index (χ2n) is 6.98. The van der Waals surface area contributed by atoms with Crippen molar-refractivity contribution in [1.29, 1.82) is 0 Å². The van der Waals surface area contributed by atoms with Gasteiger partial charge >= 0.3 is 12.1 Å². The molecule has 1 aromatic carbocycles. The highest BCUT2D eigenvalue weighted by Crippen LogP contribution is 2.52. The molecule has 2 fully saturated rings. The molecule has 1 aromatic rings. The Bertz CT molecular complexity index is 614. The van der Waals surface area contributed by atoms with E-state index in [0.29, 0.717) is 19.6 Å². The zero-order valence-electron chi connectivity index (χ0n) is 14.5. The Morgan fingerprint density at radius 3 is 2.56 bits per heavy atom. The molecule has 1 saturated heterocycles. The van der Waals surface area contributed by atoms with E-state index in [0.717, 1.165) is 18.4 Å². The van der Waals surface area contributed by atoms with Gasteiger partial charge in [0.15, 0.2) is 0 Å². The van der Waals surface area contributed by atoms with Crippen LogP contribution >= 0.6 is 0 Å². The van der Waals surface area contributed by atoms with Crippen molar-refractivity contribution in [2.45, 2.75) is 38.9 Å². The zero-order chi connectivity index (χ0) is 17.9. The molecule has 0 spiro atoms. The summed E-state index contributed by atoms with van der Waals surface area (Å²) in [5.41, 5.74) is 0.470. The predicted octanol–water partition coefficient (Wildman–Crippen LogP) is 2.35. The number of hydrogen-bond donors (Lipinski definition) is 1. The lowest BCUT2D eigenvalue weighted by Crippen LogP contribution is -2.30. The Hall–Kier alpha value is -2.08. The van der Waals surface area contributed by atoms with Crippen LogP contribution in [0, 0.1) is 11.3 Å². The van der Waals surface area contributed by atoms with E-state index in [1.54, 1.807) is 6.92 Å². The van der Waals surface area contributed by atoms with Crippen molar-refractivity contribution < 1.29 is 24.2 Å². The van der Waals surface area contributed by atoms with Crippen molar-refractivity contribution >= 4 is 12.1 Å². The van der Waals surface area contributed by atoms with Crippen LogP contribution in [0.1, 0.15) is 31.7 Å². The smallest absolute Gasteiger partial charge is 0.410 e. The molecule has 25 heavy (non-hydrogen) atoms. The molecule has 6 nitrogen and oxygen atoms in total. The number of β-amino-alcohol motifs (C(OH)–C–C–N with tert-alkyl or cyclic N) is 1. The first-order valence-electron chi connectivity index (χ1n) is 8.85. The van der Waals surface area contributed by atoms with E-state index >= 15 is 0 Å². The molecular weight excluding hydrogens is 322 g/mol. The summed E-state index contributed by atoms with van der Waals surface area (Å²) in [6, 6.07) is 9.48. The van der Waals surface area contributed by atoms with Crippen LogP contribution in [0.25, 0.3) is 0 Å². The summed E-state index contributed by atoms with van der Waals surface area (Å²) in [5.74, 6) is -0.288. The van der Waals surface area contributed by atoms with Crippen molar-refractivity contribution in [3.63, 3.8) is 0 Å². The summed E-state index contributed by atoms with van der Waals surface area (Å²) in [6.07, 6.45) is 1.11. The Morgan fingerprint density at radius 2 is 1.92 bits per heavy atom. The van der Waals surface area contributed by atoms with Gasteiger partial charge < -0.3 is 19.5 Å². The molecule has 1 heterocycles. The normalized spacial score (nSPS) is 24.0. The Kier molecular flexibility index (Phi) is 5.27. The lowest BCUT2D eigenvalue weighted by molar-refractivity contribution is -0.150. The van der Waals surface area contributed by atoms with Gasteiger partial charge in [-0.25, -0.2) is 4.79 Å². The quantitative estimate of drug-likeness (QED) is 0.800. The number of esters is 1. The number of aliphatic hydroxyl groups is 1. The first-order chi connectivity index (χ1) is 12.0. The lowest BCUT2D eigenvalue weighted by atomic mass is 9.90. The van der Waals surface area contributed by atoms with Gasteiger partial charge in [0.1, 0.15) is 6.61 Å². The summed E-state index contributed by atoms with van der Waals surface area (Å²) in [5, 5.41) is 10.3. The summed E-state index contributed by atoms with van der Waals surface area (Å²) in [4.78, 5) is 25.8. The van der Waals surface area contributed by atoms with Gasteiger partial charge in [-0.05, 0) is 31.7 Å². The second kappa shape index (κ2) is 7.44. The first-order valence-corrected chi connectivity index (χ1v) is 8.85. The largest absolute Gasteiger partial charge is 0.466 e. The van der Waals surface area contributed by atoms with Crippen LogP contribution in [0.15, 0.2) is 30.3 Å². The third-order valence-electron chi connectivity index (χ3n) is 5.08. The van der Waals surface area contributed by atoms with E-state index < -0.39 is 17.6 Å². The Labute approximate surface area is 147 Å². The number of benzene rings is 1. The van der Waals surface area contributed by atoms with Crippen molar-refractivity contribution in [2.75, 3.05) is 19.7 Å². The molecule has 1 N–H and O–H groups in total. The van der Waals surface area contributed by atoms with Crippen molar-refractivity contribution in [1.82, 2.24) is 4.90 Å². The highest BCUT2D eigenvalue weighted by atomic mass is 16.6. The van der Waals surface area contributed by atoms with Crippen molar-refractivity contribution in [3.05, 3.63) is 35.9 Å². The number of ether oxygens (including phenoxy) is 2. The van der Waals surface area contributed by atoms with Crippen molar-refractivity contribution in [3.8, 4) is 0 Å². The van der Waals surface area contributed by atoms with E-state index in [4.69, 9.17) is 9.47 Å². The minimum atomic E-state index is -0.629. The average molecular weight is 347 g/mol. The molecule has 1 aliphatic carbocycles. The maximum Gasteiger partial charge on any atom is 0.410 e. The molecule has 1 saturated carbocycles. The molecule has 6 heteroatoms. The van der Waals surface area contributed by atoms with Crippen LogP contribution in [-0.2, 0) is 20.9 Å². The highest BCUT2D eigenvalue weighted by Gasteiger charge is 2.54. The zero-order valence-corrected chi connectivity index (χ0v) is 14.5. The molecule has 1 unspecified atom stereocenters. The van der Waals surface area contributed by atoms with Gasteiger partial charge in [-0.15, -0.1) is 0 Å². The molecule has 0 bridgehead atoms. The monoisotopic (exact) mass is 347 g/mol. The number of nitrogens with zero attached hydrogens (tertiary/aromatic N) is 1. The number of likely N-dealkylation sites (tertiary alicyclic amines) is 1. The molecule has 1 amide bonds. The van der Waals surface area contributed by atoms with Gasteiger partial charge in [0.25, 0.3) is 0 Å². The van der Waals surface area contributed by atoms with Crippen LogP contribution in [0.5, 0.6) is 0 Å². The number of hydrogen-bond acceptors (Lipinski definition) is 5. The van der Waals surface area contributed by atoms with Gasteiger partial charge in [0, 0.05) is 12.5 Å². The van der Waals surface area contributed by atoms with Gasteiger partial charge in [-0.3, -0.25) is 4.79 Å². The van der Waals surface area contributed by atoms with Gasteiger partial charge in [-0.2, -0.15) is 0 Å². The fraction of sp³-hybridized carbons (Fsp3) is 0.579. The number of rotatable bonds is 6. The van der Waals surface area contributed by atoms with E-state index in [9.17, 15) is 14.7 Å². The summed E-state index contributed by atoms with van der Waals surface area (Å²) < 4.78 is 10.5. The average Bonchev–Trinajstić information content (AvgIpc) is 3.31. The Balaban J connectivity index is 1.51. The topological polar surface area (TPSA) is 76.1 Å². The van der Waals surface area contributed by atoms with Gasteiger partial charge in [0.05, 0.1) is 24.7 Å². The third-order valence-corrected chi connectivity index (χ3v) is 5.08. The predicted molar refractivity (Wildman–Crippen MR) is 90.6 cm³/mol. The number of carbonyl (C=O) groups is 2. The van der Waals surface area contributed by atoms with E-state index in [1.165, 1.54) is 4.90 Å². The molecular formula is C19H25NO5. The summed E-state index contributed by atoms with van der Waals surface area (Å²) >= 11 is 0. The number of aliphatic hydroxyl groups excluding tert-OH is 1. The summed E-state index contributed by atoms with van der Waals surface area (Å²) in [7, 11) is 0. The van der Waals surface area contributed by atoms with Crippen LogP contribution in [-0.4, -0.2) is 47.9 Å². The van der Waals surface area contributed by atoms with Gasteiger partial charge in [-0.1, -0.05) is 30.3 Å². The molecule has 136 valence electrons. The molecule has 1 aliphatic heterocycles. The molecule has 2 aliphatic rings. The number of carbonyl (C=O) groups excluding carboxylic acids is 2. The third kappa shape index (κ3) is 4.12. The molecule has 3 rings (SSSR count). The van der Waals surface area contributed by atoms with Crippen LogP contribution in [0.2, 0.25) is 0 Å². The van der Waals surface area contributed by atoms with E-state index in [1.807, 2.05) is 30.3 Å². The number of amides is 1. The van der Waals surface area contributed by atoms with Gasteiger partial charge in [0.2, 0.25) is 0 Å².